The highest BCUT2D eigenvalue weighted by Crippen LogP contribution is 2.30. The number of benzene rings is 1. The number of halogens is 2. The van der Waals surface area contributed by atoms with Crippen LogP contribution in [-0.2, 0) is 19.4 Å². The lowest BCUT2D eigenvalue weighted by molar-refractivity contribution is -0.887. The zero-order valence-electron chi connectivity index (χ0n) is 17.9. The molecule has 1 saturated heterocycles. The van der Waals surface area contributed by atoms with Gasteiger partial charge in [0.1, 0.15) is 13.1 Å². The first-order valence-electron chi connectivity index (χ1n) is 10.3. The smallest absolute Gasteiger partial charge is 0.221 e. The van der Waals surface area contributed by atoms with E-state index < -0.39 is 26.1 Å². The molecule has 0 atom stereocenters. The third-order valence-electron chi connectivity index (χ3n) is 5.27. The third kappa shape index (κ3) is 6.06. The molecule has 2 aromatic rings. The molecule has 1 aliphatic rings. The number of hydrogen-bond acceptors (Lipinski definition) is 7. The molecule has 1 aliphatic heterocycles. The van der Waals surface area contributed by atoms with E-state index in [2.05, 4.69) is 15.3 Å². The zero-order valence-corrected chi connectivity index (χ0v) is 20.3. The lowest BCUT2D eigenvalue weighted by Crippen LogP contribution is -2.53. The molecule has 1 aromatic heterocycles. The number of hydrogen-bond donors (Lipinski definition) is 1. The molecule has 3 rings (SSSR count). The highest BCUT2D eigenvalue weighted by molar-refractivity contribution is 7.91. The highest BCUT2D eigenvalue weighted by Gasteiger charge is 2.26. The van der Waals surface area contributed by atoms with E-state index in [0.29, 0.717) is 48.1 Å². The Morgan fingerprint density at radius 1 is 1.19 bits per heavy atom. The number of morpholine rings is 1. The van der Waals surface area contributed by atoms with Crippen molar-refractivity contribution >= 4 is 50.0 Å². The van der Waals surface area contributed by atoms with E-state index in [-0.39, 0.29) is 35.5 Å². The first-order valence-corrected chi connectivity index (χ1v) is 12.7. The van der Waals surface area contributed by atoms with Gasteiger partial charge in [0.05, 0.1) is 58.8 Å². The summed E-state index contributed by atoms with van der Waals surface area (Å²) in [5.41, 5.74) is 1.06. The second-order valence-corrected chi connectivity index (χ2v) is 10.9. The Morgan fingerprint density at radius 2 is 1.78 bits per heavy atom. The van der Waals surface area contributed by atoms with E-state index in [1.54, 1.807) is 6.07 Å². The predicted octanol–water partition coefficient (Wildman–Crippen LogP) is 2.68. The summed E-state index contributed by atoms with van der Waals surface area (Å²) in [5, 5.41) is 15.4. The summed E-state index contributed by atoms with van der Waals surface area (Å²) in [6.07, 6.45) is -0.247. The summed E-state index contributed by atoms with van der Waals surface area (Å²) < 4.78 is 30.8. The molecule has 1 amide bonds. The number of fused-ring (bicyclic) bond motifs is 1. The highest BCUT2D eigenvalue weighted by atomic mass is 35.5. The first-order chi connectivity index (χ1) is 15.0. The summed E-state index contributed by atoms with van der Waals surface area (Å²) in [6.45, 7) is 5.51. The van der Waals surface area contributed by atoms with Crippen LogP contribution < -0.4 is 5.32 Å². The van der Waals surface area contributed by atoms with Crippen LogP contribution in [-0.4, -0.2) is 74.1 Å². The molecule has 0 bridgehead atoms. The van der Waals surface area contributed by atoms with Crippen LogP contribution in [0.25, 0.3) is 11.0 Å². The van der Waals surface area contributed by atoms with Crippen LogP contribution in [0.2, 0.25) is 10.0 Å². The third-order valence-corrected chi connectivity index (χ3v) is 7.62. The van der Waals surface area contributed by atoms with Crippen LogP contribution in [0.1, 0.15) is 31.9 Å². The van der Waals surface area contributed by atoms with Crippen molar-refractivity contribution in [2.24, 2.45) is 0 Å². The van der Waals surface area contributed by atoms with E-state index in [1.165, 1.54) is 6.07 Å². The molecule has 0 aliphatic carbocycles. The second-order valence-electron chi connectivity index (χ2n) is 8.08. The van der Waals surface area contributed by atoms with Gasteiger partial charge in [-0.25, -0.2) is 18.4 Å². The van der Waals surface area contributed by atoms with Crippen molar-refractivity contribution in [3.63, 3.8) is 0 Å². The van der Waals surface area contributed by atoms with Crippen LogP contribution in [0.3, 0.4) is 0 Å². The summed E-state index contributed by atoms with van der Waals surface area (Å²) in [6, 6.07) is 3.01. The van der Waals surface area contributed by atoms with E-state index in [1.807, 2.05) is 13.8 Å². The van der Waals surface area contributed by atoms with Gasteiger partial charge in [-0.2, -0.15) is 0 Å². The topological polar surface area (TPSA) is 121 Å². The van der Waals surface area contributed by atoms with E-state index in [4.69, 9.17) is 27.9 Å². The number of sulfone groups is 1. The lowest BCUT2D eigenvalue weighted by atomic mass is 10.1. The van der Waals surface area contributed by atoms with Gasteiger partial charge in [-0.15, -0.1) is 0 Å². The van der Waals surface area contributed by atoms with Crippen LogP contribution in [0, 0.1) is 5.21 Å². The summed E-state index contributed by atoms with van der Waals surface area (Å²) in [4.78, 5) is 20.9. The summed E-state index contributed by atoms with van der Waals surface area (Å²) in [5.74, 6) is -1.08. The molecule has 176 valence electrons. The average Bonchev–Trinajstić information content (AvgIpc) is 2.72. The number of quaternary nitrogens is 1. The average molecular weight is 505 g/mol. The van der Waals surface area contributed by atoms with Crippen molar-refractivity contribution in [3.05, 3.63) is 33.1 Å². The van der Waals surface area contributed by atoms with Crippen LogP contribution in [0.4, 0.5) is 0 Å². The molecule has 1 aromatic carbocycles. The Kier molecular flexibility index (Phi) is 7.95. The summed E-state index contributed by atoms with van der Waals surface area (Å²) >= 11 is 12.1. The molecule has 1 N–H and O–H groups in total. The number of carbonyl (C=O) groups excluding carboxylic acids is 1. The molecule has 0 spiro atoms. The molecule has 12 heteroatoms. The van der Waals surface area contributed by atoms with E-state index in [9.17, 15) is 18.4 Å². The van der Waals surface area contributed by atoms with Crippen molar-refractivity contribution in [1.29, 1.82) is 0 Å². The number of carbonyl (C=O) groups is 1. The number of rotatable bonds is 8. The molecular formula is C20H26Cl2N4O5S. The molecular weight excluding hydrogens is 479 g/mol. The minimum atomic E-state index is -3.90. The minimum absolute atomic E-state index is 0.163. The molecule has 0 radical (unpaired) electrons. The molecule has 1 fully saturated rings. The molecule has 0 unspecified atom stereocenters. The van der Waals surface area contributed by atoms with Crippen LogP contribution in [0.15, 0.2) is 17.2 Å². The normalized spacial score (nSPS) is 16.4. The first kappa shape index (κ1) is 25.1. The van der Waals surface area contributed by atoms with Gasteiger partial charge in [0.15, 0.2) is 14.9 Å². The largest absolute Gasteiger partial charge is 0.633 e. The molecule has 0 saturated carbocycles. The van der Waals surface area contributed by atoms with Crippen molar-refractivity contribution < 1.29 is 22.6 Å². The van der Waals surface area contributed by atoms with Crippen molar-refractivity contribution in [2.45, 2.75) is 31.2 Å². The van der Waals surface area contributed by atoms with Gasteiger partial charge in [-0.3, -0.25) is 4.79 Å². The van der Waals surface area contributed by atoms with E-state index in [0.717, 1.165) is 0 Å². The Morgan fingerprint density at radius 3 is 2.38 bits per heavy atom. The van der Waals surface area contributed by atoms with E-state index >= 15 is 0 Å². The van der Waals surface area contributed by atoms with Gasteiger partial charge < -0.3 is 19.9 Å². The van der Waals surface area contributed by atoms with Gasteiger partial charge in [0.2, 0.25) is 5.91 Å². The van der Waals surface area contributed by atoms with Crippen molar-refractivity contribution in [3.8, 4) is 0 Å². The number of amides is 1. The Labute approximate surface area is 197 Å². The number of nitrogens with zero attached hydrogens (tertiary/aromatic N) is 3. The van der Waals surface area contributed by atoms with Crippen molar-refractivity contribution in [2.75, 3.05) is 45.1 Å². The fourth-order valence-electron chi connectivity index (χ4n) is 3.36. The van der Waals surface area contributed by atoms with Gasteiger partial charge in [-0.05, 0) is 18.1 Å². The quantitative estimate of drug-likeness (QED) is 0.433. The number of aromatic nitrogens is 2. The lowest BCUT2D eigenvalue weighted by Gasteiger charge is -2.45. The Bertz CT molecular complexity index is 1100. The van der Waals surface area contributed by atoms with Gasteiger partial charge in [0, 0.05) is 6.42 Å². The monoisotopic (exact) mass is 504 g/mol. The number of nitrogens with one attached hydrogen (secondary N) is 1. The fourth-order valence-corrected chi connectivity index (χ4v) is 5.17. The maximum absolute atomic E-state index is 13.0. The number of ether oxygens (including phenoxy) is 1. The van der Waals surface area contributed by atoms with Gasteiger partial charge in [-0.1, -0.05) is 37.0 Å². The fraction of sp³-hybridized carbons (Fsp3) is 0.550. The SMILES string of the molecule is CC(C)c1nc2cc(Cl)c(Cl)cc2nc1S(=O)(=O)CCC(=O)NCC[N+]1([O-])CCOCC1. The molecule has 2 heterocycles. The zero-order chi connectivity index (χ0) is 23.5. The second kappa shape index (κ2) is 10.1. The van der Waals surface area contributed by atoms with Gasteiger partial charge in [0.25, 0.3) is 0 Å². The Balaban J connectivity index is 1.69. The van der Waals surface area contributed by atoms with Crippen LogP contribution >= 0.6 is 23.2 Å². The standard InChI is InChI=1S/C20H26Cl2N4O5S/c1-13(2)19-20(25-17-12-15(22)14(21)11-16(17)24-19)32(29,30)10-3-18(27)23-4-5-26(28)6-8-31-9-7-26/h11-13H,3-10H2,1-2H3,(H,23,27). The van der Waals surface area contributed by atoms with Crippen LogP contribution in [0.5, 0.6) is 0 Å². The maximum Gasteiger partial charge on any atom is 0.221 e. The minimum Gasteiger partial charge on any atom is -0.633 e. The summed E-state index contributed by atoms with van der Waals surface area (Å²) in [7, 11) is -3.90. The molecule has 32 heavy (non-hydrogen) atoms. The molecule has 9 nitrogen and oxygen atoms in total. The predicted molar refractivity (Wildman–Crippen MR) is 122 cm³/mol. The van der Waals surface area contributed by atoms with Crippen molar-refractivity contribution in [1.82, 2.24) is 15.3 Å². The number of hydroxylamine groups is 3. The Hall–Kier alpha value is -1.56. The van der Waals surface area contributed by atoms with Gasteiger partial charge >= 0.3 is 0 Å². The maximum atomic E-state index is 13.0.